The van der Waals surface area contributed by atoms with Gasteiger partial charge >= 0.3 is 0 Å². The van der Waals surface area contributed by atoms with Crippen molar-refractivity contribution in [1.82, 2.24) is 20.1 Å². The van der Waals surface area contributed by atoms with Crippen LogP contribution in [-0.2, 0) is 20.1 Å². The molecule has 0 spiro atoms. The number of rotatable bonds is 7. The lowest BCUT2D eigenvalue weighted by atomic mass is 10.1. The summed E-state index contributed by atoms with van der Waals surface area (Å²) in [5, 5.41) is 7.98. The van der Waals surface area contributed by atoms with Crippen molar-refractivity contribution < 1.29 is 9.47 Å². The first-order valence-electron chi connectivity index (χ1n) is 7.36. The van der Waals surface area contributed by atoms with Crippen LogP contribution in [-0.4, -0.2) is 29.0 Å². The fourth-order valence-electron chi connectivity index (χ4n) is 2.52. The van der Waals surface area contributed by atoms with Crippen LogP contribution < -0.4 is 14.8 Å². The number of aryl methyl sites for hydroxylation is 1. The summed E-state index contributed by atoms with van der Waals surface area (Å²) < 4.78 is 12.5. The van der Waals surface area contributed by atoms with Crippen molar-refractivity contribution in [1.29, 1.82) is 0 Å². The molecule has 0 unspecified atom stereocenters. The quantitative estimate of drug-likeness (QED) is 0.850. The molecule has 0 saturated carbocycles. The lowest BCUT2D eigenvalue weighted by Crippen LogP contribution is -2.15. The van der Waals surface area contributed by atoms with E-state index in [0.29, 0.717) is 24.9 Å². The van der Waals surface area contributed by atoms with Crippen LogP contribution in [0.5, 0.6) is 11.8 Å². The summed E-state index contributed by atoms with van der Waals surface area (Å²) in [6.07, 6.45) is 1.73. The lowest BCUT2D eigenvalue weighted by molar-refractivity contribution is 0.367. The molecule has 0 aromatic carbocycles. The molecular weight excluding hydrogens is 280 g/mol. The number of pyridine rings is 1. The van der Waals surface area contributed by atoms with Crippen LogP contribution >= 0.6 is 0 Å². The predicted molar refractivity (Wildman–Crippen MR) is 85.2 cm³/mol. The summed E-state index contributed by atoms with van der Waals surface area (Å²) in [4.78, 5) is 4.20. The summed E-state index contributed by atoms with van der Waals surface area (Å²) in [6, 6.07) is 3.91. The van der Waals surface area contributed by atoms with Crippen LogP contribution in [0, 0.1) is 0 Å². The van der Waals surface area contributed by atoms with Gasteiger partial charge in [-0.15, -0.1) is 0 Å². The smallest absolute Gasteiger partial charge is 0.217 e. The summed E-state index contributed by atoms with van der Waals surface area (Å²) in [7, 11) is 5.21. The van der Waals surface area contributed by atoms with Gasteiger partial charge in [-0.2, -0.15) is 5.10 Å². The Morgan fingerprint density at radius 2 is 2.00 bits per heavy atom. The SMILES string of the molecule is COc1ncccc1CNCc1c(C(C)C)nn(C)c1OC. The molecule has 0 saturated heterocycles. The summed E-state index contributed by atoms with van der Waals surface area (Å²) >= 11 is 0. The fourth-order valence-corrected chi connectivity index (χ4v) is 2.52. The van der Waals surface area contributed by atoms with Crippen LogP contribution in [0.2, 0.25) is 0 Å². The van der Waals surface area contributed by atoms with Gasteiger partial charge in [0.25, 0.3) is 0 Å². The van der Waals surface area contributed by atoms with E-state index in [4.69, 9.17) is 9.47 Å². The van der Waals surface area contributed by atoms with E-state index >= 15 is 0 Å². The van der Waals surface area contributed by atoms with Crippen LogP contribution in [0.3, 0.4) is 0 Å². The second-order valence-electron chi connectivity index (χ2n) is 5.43. The Bertz CT molecular complexity index is 623. The molecule has 0 atom stereocenters. The Morgan fingerprint density at radius 3 is 2.64 bits per heavy atom. The summed E-state index contributed by atoms with van der Waals surface area (Å²) in [5.41, 5.74) is 3.19. The number of ether oxygens (including phenoxy) is 2. The van der Waals surface area contributed by atoms with Gasteiger partial charge in [0.2, 0.25) is 11.8 Å². The molecule has 22 heavy (non-hydrogen) atoms. The molecular formula is C16H24N4O2. The predicted octanol–water partition coefficient (Wildman–Crippen LogP) is 2.25. The van der Waals surface area contributed by atoms with E-state index in [0.717, 1.165) is 22.7 Å². The highest BCUT2D eigenvalue weighted by molar-refractivity contribution is 5.33. The molecule has 0 bridgehead atoms. The maximum atomic E-state index is 5.48. The highest BCUT2D eigenvalue weighted by atomic mass is 16.5. The molecule has 0 aliphatic carbocycles. The average molecular weight is 304 g/mol. The third-order valence-electron chi connectivity index (χ3n) is 3.52. The fraction of sp³-hybridized carbons (Fsp3) is 0.500. The second kappa shape index (κ2) is 7.26. The maximum absolute atomic E-state index is 5.48. The molecule has 2 aromatic heterocycles. The number of hydrogen-bond donors (Lipinski definition) is 1. The molecule has 1 N–H and O–H groups in total. The van der Waals surface area contributed by atoms with Crippen molar-refractivity contribution in [3.8, 4) is 11.8 Å². The zero-order chi connectivity index (χ0) is 16.1. The van der Waals surface area contributed by atoms with E-state index in [9.17, 15) is 0 Å². The molecule has 6 nitrogen and oxygen atoms in total. The molecule has 0 radical (unpaired) electrons. The normalized spacial score (nSPS) is 11.0. The van der Waals surface area contributed by atoms with Crippen molar-refractivity contribution >= 4 is 0 Å². The summed E-state index contributed by atoms with van der Waals surface area (Å²) in [5.74, 6) is 1.80. The van der Waals surface area contributed by atoms with Gasteiger partial charge in [0.1, 0.15) is 0 Å². The van der Waals surface area contributed by atoms with Crippen molar-refractivity contribution in [3.63, 3.8) is 0 Å². The van der Waals surface area contributed by atoms with Gasteiger partial charge in [-0.25, -0.2) is 9.67 Å². The Morgan fingerprint density at radius 1 is 1.23 bits per heavy atom. The van der Waals surface area contributed by atoms with Crippen molar-refractivity contribution in [2.75, 3.05) is 14.2 Å². The van der Waals surface area contributed by atoms with Gasteiger partial charge in [-0.3, -0.25) is 0 Å². The van der Waals surface area contributed by atoms with Crippen molar-refractivity contribution in [3.05, 3.63) is 35.2 Å². The summed E-state index contributed by atoms with van der Waals surface area (Å²) in [6.45, 7) is 5.63. The monoisotopic (exact) mass is 304 g/mol. The molecule has 2 heterocycles. The lowest BCUT2D eigenvalue weighted by Gasteiger charge is -2.10. The van der Waals surface area contributed by atoms with Crippen LogP contribution in [0.4, 0.5) is 0 Å². The molecule has 120 valence electrons. The van der Waals surface area contributed by atoms with Gasteiger partial charge < -0.3 is 14.8 Å². The van der Waals surface area contributed by atoms with Crippen molar-refractivity contribution in [2.24, 2.45) is 7.05 Å². The van der Waals surface area contributed by atoms with Crippen LogP contribution in [0.1, 0.15) is 36.6 Å². The first-order chi connectivity index (χ1) is 10.6. The van der Waals surface area contributed by atoms with Gasteiger partial charge in [-0.05, 0) is 12.0 Å². The topological polar surface area (TPSA) is 61.2 Å². The minimum absolute atomic E-state index is 0.347. The van der Waals surface area contributed by atoms with Crippen molar-refractivity contribution in [2.45, 2.75) is 32.9 Å². The Labute approximate surface area is 131 Å². The van der Waals surface area contributed by atoms with Crippen LogP contribution in [0.15, 0.2) is 18.3 Å². The largest absolute Gasteiger partial charge is 0.481 e. The van der Waals surface area contributed by atoms with Gasteiger partial charge in [0.05, 0.1) is 25.5 Å². The van der Waals surface area contributed by atoms with Gasteiger partial charge in [0.15, 0.2) is 0 Å². The number of aromatic nitrogens is 3. The molecule has 2 aromatic rings. The number of nitrogens with one attached hydrogen (secondary N) is 1. The molecule has 0 aliphatic heterocycles. The van der Waals surface area contributed by atoms with E-state index in [2.05, 4.69) is 29.2 Å². The Hall–Kier alpha value is -2.08. The average Bonchev–Trinajstić information content (AvgIpc) is 2.84. The molecule has 6 heteroatoms. The maximum Gasteiger partial charge on any atom is 0.217 e. The van der Waals surface area contributed by atoms with Gasteiger partial charge in [-0.1, -0.05) is 19.9 Å². The number of methoxy groups -OCH3 is 2. The number of nitrogens with zero attached hydrogens (tertiary/aromatic N) is 3. The highest BCUT2D eigenvalue weighted by Crippen LogP contribution is 2.27. The first-order valence-corrected chi connectivity index (χ1v) is 7.36. The zero-order valence-corrected chi connectivity index (χ0v) is 13.9. The molecule has 0 fully saturated rings. The Kier molecular flexibility index (Phi) is 5.38. The van der Waals surface area contributed by atoms with Crippen LogP contribution in [0.25, 0.3) is 0 Å². The number of hydrogen-bond acceptors (Lipinski definition) is 5. The minimum atomic E-state index is 0.347. The molecule has 0 amide bonds. The third-order valence-corrected chi connectivity index (χ3v) is 3.52. The standard InChI is InChI=1S/C16H24N4O2/c1-11(2)14-13(16(22-5)20(3)19-14)10-17-9-12-7-6-8-18-15(12)21-4/h6-8,11,17H,9-10H2,1-5H3. The zero-order valence-electron chi connectivity index (χ0n) is 13.9. The van der Waals surface area contributed by atoms with E-state index in [-0.39, 0.29) is 0 Å². The van der Waals surface area contributed by atoms with E-state index < -0.39 is 0 Å². The van der Waals surface area contributed by atoms with E-state index in [1.165, 1.54) is 0 Å². The third kappa shape index (κ3) is 3.39. The van der Waals surface area contributed by atoms with E-state index in [1.54, 1.807) is 25.1 Å². The highest BCUT2D eigenvalue weighted by Gasteiger charge is 2.18. The van der Waals surface area contributed by atoms with Gasteiger partial charge in [0, 0.05) is 31.9 Å². The minimum Gasteiger partial charge on any atom is -0.481 e. The molecule has 2 rings (SSSR count). The molecule has 0 aliphatic rings. The second-order valence-corrected chi connectivity index (χ2v) is 5.43. The Balaban J connectivity index is 2.11. The first kappa shape index (κ1) is 16.3. The van der Waals surface area contributed by atoms with E-state index in [1.807, 2.05) is 19.2 Å².